The smallest absolute Gasteiger partial charge is 0.278 e. The van der Waals surface area contributed by atoms with Gasteiger partial charge < -0.3 is 19.1 Å². The van der Waals surface area contributed by atoms with Gasteiger partial charge >= 0.3 is 0 Å². The molecule has 0 bridgehead atoms. The van der Waals surface area contributed by atoms with Gasteiger partial charge in [-0.05, 0) is 19.3 Å². The number of carbonyl (C=O) groups excluding carboxylic acids is 2. The summed E-state index contributed by atoms with van der Waals surface area (Å²) in [7, 11) is 0. The van der Waals surface area contributed by atoms with Crippen molar-refractivity contribution in [1.82, 2.24) is 9.58 Å². The fourth-order valence-corrected chi connectivity index (χ4v) is 3.82. The van der Waals surface area contributed by atoms with E-state index in [2.05, 4.69) is 0 Å². The Morgan fingerprint density at radius 3 is 2.93 bits per heavy atom. The van der Waals surface area contributed by atoms with E-state index in [4.69, 9.17) is 14.2 Å². The van der Waals surface area contributed by atoms with Gasteiger partial charge in [0.25, 0.3) is 11.8 Å². The van der Waals surface area contributed by atoms with Crippen LogP contribution in [0.25, 0.3) is 0 Å². The molecule has 4 heterocycles. The second kappa shape index (κ2) is 7.92. The van der Waals surface area contributed by atoms with E-state index in [0.29, 0.717) is 32.8 Å². The largest absolute Gasteiger partial charge is 0.487 e. The number of fused-ring (bicyclic) bond motifs is 2. The zero-order chi connectivity index (χ0) is 19.7. The monoisotopic (exact) mass is 391 g/mol. The third-order valence-electron chi connectivity index (χ3n) is 5.29. The highest BCUT2D eigenvalue weighted by Gasteiger charge is 2.46. The van der Waals surface area contributed by atoms with Crippen LogP contribution in [-0.2, 0) is 14.3 Å². The number of morpholine rings is 1. The molecule has 2 amide bonds. The number of carbonyl (C=O) groups is 2. The number of hydrogen-bond acceptors (Lipinski definition) is 6. The van der Waals surface area contributed by atoms with Crippen molar-refractivity contribution in [1.29, 1.82) is 0 Å². The van der Waals surface area contributed by atoms with Crippen LogP contribution in [0, 0.1) is 0 Å². The molecular formula is C19H25N3O6. The molecule has 3 aliphatic rings. The van der Waals surface area contributed by atoms with Crippen molar-refractivity contribution in [3.8, 4) is 5.75 Å². The second-order valence-corrected chi connectivity index (χ2v) is 7.14. The first-order chi connectivity index (χ1) is 13.6. The van der Waals surface area contributed by atoms with Crippen molar-refractivity contribution in [2.24, 2.45) is 0 Å². The van der Waals surface area contributed by atoms with Crippen LogP contribution in [0.3, 0.4) is 0 Å². The van der Waals surface area contributed by atoms with Crippen LogP contribution >= 0.6 is 0 Å². The molecule has 28 heavy (non-hydrogen) atoms. The summed E-state index contributed by atoms with van der Waals surface area (Å²) in [5, 5.41) is 1.48. The highest BCUT2D eigenvalue weighted by Crippen LogP contribution is 2.28. The Labute approximate surface area is 162 Å². The number of ether oxygens (including phenoxy) is 3. The lowest BCUT2D eigenvalue weighted by Crippen LogP contribution is -2.68. The second-order valence-electron chi connectivity index (χ2n) is 7.14. The van der Waals surface area contributed by atoms with Gasteiger partial charge in [0.15, 0.2) is 17.6 Å². The Morgan fingerprint density at radius 1 is 1.32 bits per heavy atom. The summed E-state index contributed by atoms with van der Waals surface area (Å²) in [5.41, 5.74) is -0.278. The molecule has 3 aliphatic heterocycles. The van der Waals surface area contributed by atoms with E-state index in [1.54, 1.807) is 4.90 Å². The highest BCUT2D eigenvalue weighted by atomic mass is 16.5. The number of amides is 2. The number of nitrogens with zero attached hydrogens (tertiary/aromatic N) is 3. The molecule has 1 aromatic heterocycles. The summed E-state index contributed by atoms with van der Waals surface area (Å²) >= 11 is 0. The standard InChI is InChI=1S/C19H25N3O6/c1-2-3-9-28-17-13(23)6-7-21-16(17)19(25)20-8-11-26-12-15(20)22(21)18(24)14-5-4-10-27-14/h6-7,14-15H,2-5,8-12H2,1H3/t14-,15-/m1/s1. The quantitative estimate of drug-likeness (QED) is 0.679. The zero-order valence-corrected chi connectivity index (χ0v) is 16.0. The third-order valence-corrected chi connectivity index (χ3v) is 5.29. The van der Waals surface area contributed by atoms with Gasteiger partial charge in [-0.2, -0.15) is 0 Å². The molecule has 2 atom stereocenters. The van der Waals surface area contributed by atoms with Crippen molar-refractivity contribution in [3.05, 3.63) is 28.2 Å². The van der Waals surface area contributed by atoms with Gasteiger partial charge in [-0.3, -0.25) is 14.4 Å². The molecule has 152 valence electrons. The fraction of sp³-hybridized carbons (Fsp3) is 0.632. The molecule has 0 unspecified atom stereocenters. The minimum Gasteiger partial charge on any atom is -0.487 e. The topological polar surface area (TPSA) is 90.3 Å². The summed E-state index contributed by atoms with van der Waals surface area (Å²) in [4.78, 5) is 40.5. The number of pyridine rings is 1. The molecule has 0 radical (unpaired) electrons. The number of rotatable bonds is 5. The van der Waals surface area contributed by atoms with Gasteiger partial charge in [-0.15, -0.1) is 0 Å². The minimum atomic E-state index is -0.573. The number of unbranched alkanes of at least 4 members (excludes halogenated alkanes) is 1. The van der Waals surface area contributed by atoms with Crippen LogP contribution in [0.4, 0.5) is 0 Å². The van der Waals surface area contributed by atoms with Crippen LogP contribution in [0.15, 0.2) is 17.1 Å². The van der Waals surface area contributed by atoms with E-state index < -0.39 is 12.3 Å². The van der Waals surface area contributed by atoms with Gasteiger partial charge in [-0.1, -0.05) is 13.3 Å². The van der Waals surface area contributed by atoms with Crippen LogP contribution in [0.1, 0.15) is 43.1 Å². The van der Waals surface area contributed by atoms with Crippen LogP contribution in [0.5, 0.6) is 5.75 Å². The lowest BCUT2D eigenvalue weighted by atomic mass is 10.1. The molecular weight excluding hydrogens is 366 g/mol. The van der Waals surface area contributed by atoms with E-state index in [1.807, 2.05) is 6.92 Å². The van der Waals surface area contributed by atoms with Crippen molar-refractivity contribution in [2.75, 3.05) is 38.0 Å². The Bertz CT molecular complexity index is 816. The predicted octanol–water partition coefficient (Wildman–Crippen LogP) is 0.483. The van der Waals surface area contributed by atoms with Gasteiger partial charge in [0.1, 0.15) is 6.10 Å². The molecule has 9 nitrogen and oxygen atoms in total. The summed E-state index contributed by atoms with van der Waals surface area (Å²) < 4.78 is 18.3. The van der Waals surface area contributed by atoms with Gasteiger partial charge in [0.05, 0.1) is 19.8 Å². The minimum absolute atomic E-state index is 0.00367. The zero-order valence-electron chi connectivity index (χ0n) is 16.0. The van der Waals surface area contributed by atoms with E-state index in [-0.39, 0.29) is 35.3 Å². The molecule has 2 fully saturated rings. The summed E-state index contributed by atoms with van der Waals surface area (Å²) in [6.07, 6.45) is 3.44. The average Bonchev–Trinajstić information content (AvgIpc) is 3.25. The van der Waals surface area contributed by atoms with E-state index in [9.17, 15) is 14.4 Å². The van der Waals surface area contributed by atoms with Gasteiger partial charge in [0.2, 0.25) is 5.43 Å². The Balaban J connectivity index is 1.79. The highest BCUT2D eigenvalue weighted by molar-refractivity contribution is 6.00. The molecule has 1 aromatic rings. The molecule has 9 heteroatoms. The Hall–Kier alpha value is -2.39. The lowest BCUT2D eigenvalue weighted by Gasteiger charge is -2.47. The predicted molar refractivity (Wildman–Crippen MR) is 98.9 cm³/mol. The maximum atomic E-state index is 13.2. The number of hydrogen-bond donors (Lipinski definition) is 0. The lowest BCUT2D eigenvalue weighted by molar-refractivity contribution is -0.132. The van der Waals surface area contributed by atoms with E-state index in [1.165, 1.54) is 21.9 Å². The Morgan fingerprint density at radius 2 is 2.18 bits per heavy atom. The van der Waals surface area contributed by atoms with Crippen molar-refractivity contribution >= 4 is 11.8 Å². The molecule has 0 aromatic carbocycles. The van der Waals surface area contributed by atoms with Crippen molar-refractivity contribution in [3.63, 3.8) is 0 Å². The van der Waals surface area contributed by atoms with Gasteiger partial charge in [-0.25, -0.2) is 9.69 Å². The average molecular weight is 391 g/mol. The number of aromatic nitrogens is 1. The molecule has 4 rings (SSSR count). The maximum Gasteiger partial charge on any atom is 0.278 e. The van der Waals surface area contributed by atoms with Gasteiger partial charge in [0, 0.05) is 25.4 Å². The third kappa shape index (κ3) is 3.18. The normalized spacial score (nSPS) is 24.1. The fourth-order valence-electron chi connectivity index (χ4n) is 3.82. The first-order valence-corrected chi connectivity index (χ1v) is 9.85. The maximum absolute atomic E-state index is 13.2. The van der Waals surface area contributed by atoms with Crippen LogP contribution in [-0.4, -0.2) is 66.6 Å². The first-order valence-electron chi connectivity index (χ1n) is 9.85. The van der Waals surface area contributed by atoms with Crippen molar-refractivity contribution in [2.45, 2.75) is 44.9 Å². The molecule has 0 spiro atoms. The Kier molecular flexibility index (Phi) is 5.36. The van der Waals surface area contributed by atoms with Crippen molar-refractivity contribution < 1.29 is 23.8 Å². The SMILES string of the molecule is CCCCOc1c2n(ccc1=O)N(C(=O)[C@H]1CCCO1)[C@@H]1COCCN1C2=O. The van der Waals surface area contributed by atoms with E-state index >= 15 is 0 Å². The molecule has 0 saturated carbocycles. The van der Waals surface area contributed by atoms with Crippen LogP contribution < -0.4 is 15.2 Å². The first kappa shape index (κ1) is 18.9. The molecule has 0 N–H and O–H groups in total. The summed E-state index contributed by atoms with van der Waals surface area (Å²) in [6, 6.07) is 1.33. The summed E-state index contributed by atoms with van der Waals surface area (Å²) in [6.45, 7) is 3.83. The van der Waals surface area contributed by atoms with Crippen LogP contribution in [0.2, 0.25) is 0 Å². The van der Waals surface area contributed by atoms with E-state index in [0.717, 1.165) is 19.3 Å². The molecule has 0 aliphatic carbocycles. The molecule has 2 saturated heterocycles. The summed E-state index contributed by atoms with van der Waals surface area (Å²) in [5.74, 6) is -0.570.